The summed E-state index contributed by atoms with van der Waals surface area (Å²) in [5.41, 5.74) is 1.46. The third-order valence-electron chi connectivity index (χ3n) is 1.75. The maximum absolute atomic E-state index is 11.3. The minimum atomic E-state index is -0.306. The first-order valence-corrected chi connectivity index (χ1v) is 5.31. The second-order valence-electron chi connectivity index (χ2n) is 2.64. The van der Waals surface area contributed by atoms with Gasteiger partial charge < -0.3 is 4.74 Å². The van der Waals surface area contributed by atoms with Gasteiger partial charge in [-0.1, -0.05) is 46.3 Å². The Bertz CT molecular complexity index is 345. The van der Waals surface area contributed by atoms with Gasteiger partial charge in [-0.25, -0.2) is 4.79 Å². The standard InChI is InChI=1S/C11H11BrO2/c1-14-11(13)10-7-3-2-5-9(10)6-4-8-12/h2-7H,8H2,1H3/b6-4+. The van der Waals surface area contributed by atoms with Gasteiger partial charge in [-0.15, -0.1) is 0 Å². The molecular formula is C11H11BrO2. The fourth-order valence-corrected chi connectivity index (χ4v) is 1.30. The topological polar surface area (TPSA) is 26.3 Å². The molecule has 0 unspecified atom stereocenters. The Morgan fingerprint density at radius 3 is 2.86 bits per heavy atom. The van der Waals surface area contributed by atoms with Crippen molar-refractivity contribution >= 4 is 28.0 Å². The highest BCUT2D eigenvalue weighted by molar-refractivity contribution is 9.09. The first-order valence-electron chi connectivity index (χ1n) is 4.19. The monoisotopic (exact) mass is 254 g/mol. The molecule has 0 aliphatic heterocycles. The molecule has 1 aromatic carbocycles. The van der Waals surface area contributed by atoms with Crippen molar-refractivity contribution in [3.8, 4) is 0 Å². The minimum Gasteiger partial charge on any atom is -0.465 e. The summed E-state index contributed by atoms with van der Waals surface area (Å²) in [7, 11) is 1.38. The lowest BCUT2D eigenvalue weighted by molar-refractivity contribution is 0.0600. The molecule has 0 fully saturated rings. The highest BCUT2D eigenvalue weighted by Gasteiger charge is 2.07. The number of allylic oxidation sites excluding steroid dienone is 1. The summed E-state index contributed by atoms with van der Waals surface area (Å²) in [5.74, 6) is -0.306. The van der Waals surface area contributed by atoms with Crippen LogP contribution in [0.25, 0.3) is 6.08 Å². The van der Waals surface area contributed by atoms with Gasteiger partial charge in [0.2, 0.25) is 0 Å². The van der Waals surface area contributed by atoms with Crippen LogP contribution in [0.4, 0.5) is 0 Å². The van der Waals surface area contributed by atoms with E-state index in [4.69, 9.17) is 0 Å². The molecule has 0 aromatic heterocycles. The lowest BCUT2D eigenvalue weighted by Crippen LogP contribution is -2.03. The number of hydrogen-bond acceptors (Lipinski definition) is 2. The number of carbonyl (C=O) groups is 1. The second kappa shape index (κ2) is 5.60. The van der Waals surface area contributed by atoms with Gasteiger partial charge in [0.25, 0.3) is 0 Å². The molecule has 1 rings (SSSR count). The van der Waals surface area contributed by atoms with E-state index in [0.29, 0.717) is 5.56 Å². The Morgan fingerprint density at radius 1 is 1.50 bits per heavy atom. The van der Waals surface area contributed by atoms with Crippen LogP contribution in [-0.4, -0.2) is 18.4 Å². The Labute approximate surface area is 91.7 Å². The smallest absolute Gasteiger partial charge is 0.338 e. The summed E-state index contributed by atoms with van der Waals surface area (Å²) in [6.45, 7) is 0. The number of esters is 1. The van der Waals surface area contributed by atoms with E-state index in [2.05, 4.69) is 20.7 Å². The van der Waals surface area contributed by atoms with Crippen molar-refractivity contribution in [2.24, 2.45) is 0 Å². The number of hydrogen-bond donors (Lipinski definition) is 0. The van der Waals surface area contributed by atoms with Gasteiger partial charge >= 0.3 is 5.97 Å². The third-order valence-corrected chi connectivity index (χ3v) is 2.13. The Balaban J connectivity index is 3.03. The summed E-state index contributed by atoms with van der Waals surface area (Å²) in [5, 5.41) is 0.766. The van der Waals surface area contributed by atoms with Crippen LogP contribution in [0.2, 0.25) is 0 Å². The number of benzene rings is 1. The van der Waals surface area contributed by atoms with Crippen LogP contribution < -0.4 is 0 Å². The number of ether oxygens (including phenoxy) is 1. The van der Waals surface area contributed by atoms with Crippen LogP contribution in [0.5, 0.6) is 0 Å². The fourth-order valence-electron chi connectivity index (χ4n) is 1.11. The van der Waals surface area contributed by atoms with Crippen LogP contribution >= 0.6 is 15.9 Å². The van der Waals surface area contributed by atoms with Gasteiger partial charge in [-0.3, -0.25) is 0 Å². The molecule has 0 saturated carbocycles. The largest absolute Gasteiger partial charge is 0.465 e. The SMILES string of the molecule is COC(=O)c1ccccc1/C=C/CBr. The second-order valence-corrected chi connectivity index (χ2v) is 3.28. The summed E-state index contributed by atoms with van der Waals surface area (Å²) in [4.78, 5) is 11.3. The fraction of sp³-hybridized carbons (Fsp3) is 0.182. The van der Waals surface area contributed by atoms with Gasteiger partial charge in [0.15, 0.2) is 0 Å². The van der Waals surface area contributed by atoms with Crippen molar-refractivity contribution in [3.05, 3.63) is 41.5 Å². The Kier molecular flexibility index (Phi) is 4.40. The van der Waals surface area contributed by atoms with Crippen molar-refractivity contribution in [1.82, 2.24) is 0 Å². The van der Waals surface area contributed by atoms with Crippen LogP contribution in [0.1, 0.15) is 15.9 Å². The van der Waals surface area contributed by atoms with E-state index in [-0.39, 0.29) is 5.97 Å². The number of carbonyl (C=O) groups excluding carboxylic acids is 1. The van der Waals surface area contributed by atoms with Crippen molar-refractivity contribution < 1.29 is 9.53 Å². The van der Waals surface area contributed by atoms with E-state index in [9.17, 15) is 4.79 Å². The van der Waals surface area contributed by atoms with Crippen LogP contribution in [-0.2, 0) is 4.74 Å². The average molecular weight is 255 g/mol. The predicted octanol–water partition coefficient (Wildman–Crippen LogP) is 2.88. The first kappa shape index (κ1) is 11.0. The zero-order valence-electron chi connectivity index (χ0n) is 7.87. The normalized spacial score (nSPS) is 10.4. The van der Waals surface area contributed by atoms with Gasteiger partial charge in [-0.05, 0) is 11.6 Å². The van der Waals surface area contributed by atoms with E-state index in [0.717, 1.165) is 10.9 Å². The van der Waals surface area contributed by atoms with E-state index >= 15 is 0 Å². The maximum Gasteiger partial charge on any atom is 0.338 e. The highest BCUT2D eigenvalue weighted by Crippen LogP contribution is 2.11. The number of alkyl halides is 1. The molecule has 1 aromatic rings. The van der Waals surface area contributed by atoms with E-state index in [1.165, 1.54) is 7.11 Å². The molecule has 74 valence electrons. The van der Waals surface area contributed by atoms with Gasteiger partial charge in [0.1, 0.15) is 0 Å². The molecule has 2 nitrogen and oxygen atoms in total. The van der Waals surface area contributed by atoms with Crippen LogP contribution in [0, 0.1) is 0 Å². The van der Waals surface area contributed by atoms with E-state index in [1.807, 2.05) is 30.4 Å². The molecule has 0 saturated heterocycles. The summed E-state index contributed by atoms with van der Waals surface area (Å²) < 4.78 is 4.67. The molecule has 0 aliphatic rings. The summed E-state index contributed by atoms with van der Waals surface area (Å²) >= 11 is 3.28. The minimum absolute atomic E-state index is 0.306. The van der Waals surface area contributed by atoms with Crippen molar-refractivity contribution in [2.75, 3.05) is 12.4 Å². The number of rotatable bonds is 3. The quantitative estimate of drug-likeness (QED) is 0.613. The molecule has 0 atom stereocenters. The van der Waals surface area contributed by atoms with Gasteiger partial charge in [0.05, 0.1) is 12.7 Å². The molecule has 3 heteroatoms. The molecule has 0 bridgehead atoms. The zero-order chi connectivity index (χ0) is 10.4. The molecular weight excluding hydrogens is 244 g/mol. The molecule has 0 spiro atoms. The lowest BCUT2D eigenvalue weighted by Gasteiger charge is -2.02. The number of halogens is 1. The highest BCUT2D eigenvalue weighted by atomic mass is 79.9. The van der Waals surface area contributed by atoms with E-state index in [1.54, 1.807) is 6.07 Å². The molecule has 14 heavy (non-hydrogen) atoms. The van der Waals surface area contributed by atoms with Crippen LogP contribution in [0.3, 0.4) is 0 Å². The molecule has 0 radical (unpaired) electrons. The number of methoxy groups -OCH3 is 1. The Hall–Kier alpha value is -1.09. The zero-order valence-corrected chi connectivity index (χ0v) is 9.45. The van der Waals surface area contributed by atoms with E-state index < -0.39 is 0 Å². The molecule has 0 amide bonds. The molecule has 0 heterocycles. The maximum atomic E-state index is 11.3. The van der Waals surface area contributed by atoms with Gasteiger partial charge in [0, 0.05) is 5.33 Å². The third kappa shape index (κ3) is 2.70. The van der Waals surface area contributed by atoms with Crippen molar-refractivity contribution in [2.45, 2.75) is 0 Å². The predicted molar refractivity (Wildman–Crippen MR) is 60.6 cm³/mol. The van der Waals surface area contributed by atoms with Crippen molar-refractivity contribution in [1.29, 1.82) is 0 Å². The van der Waals surface area contributed by atoms with Crippen molar-refractivity contribution in [3.63, 3.8) is 0 Å². The average Bonchev–Trinajstić information content (AvgIpc) is 2.25. The lowest BCUT2D eigenvalue weighted by atomic mass is 10.1. The molecule has 0 aliphatic carbocycles. The first-order chi connectivity index (χ1) is 6.79. The van der Waals surface area contributed by atoms with Gasteiger partial charge in [-0.2, -0.15) is 0 Å². The van der Waals surface area contributed by atoms with Crippen LogP contribution in [0.15, 0.2) is 30.3 Å². The summed E-state index contributed by atoms with van der Waals surface area (Å²) in [6, 6.07) is 7.34. The Morgan fingerprint density at radius 2 is 2.21 bits per heavy atom. The molecule has 0 N–H and O–H groups in total. The summed E-state index contributed by atoms with van der Waals surface area (Å²) in [6.07, 6.45) is 3.82.